The lowest BCUT2D eigenvalue weighted by molar-refractivity contribution is -0.129. The predicted molar refractivity (Wildman–Crippen MR) is 103 cm³/mol. The van der Waals surface area contributed by atoms with Gasteiger partial charge in [-0.05, 0) is 37.1 Å². The van der Waals surface area contributed by atoms with Crippen molar-refractivity contribution in [2.24, 2.45) is 7.05 Å². The summed E-state index contributed by atoms with van der Waals surface area (Å²) in [6, 6.07) is 8.01. The zero-order valence-electron chi connectivity index (χ0n) is 16.0. The topological polar surface area (TPSA) is 63.9 Å². The smallest absolute Gasteiger partial charge is 0.227 e. The first-order valence-electron chi connectivity index (χ1n) is 9.35. The SMILES string of the molecule is Cc1cc(-c2nccn2C)nc([C@H]2CCN(C(=O)Cc3ccc(F)cc3)C2)n1. The summed E-state index contributed by atoms with van der Waals surface area (Å²) in [6.45, 7) is 3.23. The number of halogens is 1. The Morgan fingerprint density at radius 2 is 2.04 bits per heavy atom. The summed E-state index contributed by atoms with van der Waals surface area (Å²) in [4.78, 5) is 28.2. The second-order valence-corrected chi connectivity index (χ2v) is 7.24. The average Bonchev–Trinajstić information content (AvgIpc) is 3.32. The molecule has 1 amide bonds. The normalized spacial score (nSPS) is 16.5. The standard InChI is InChI=1S/C21H22FN5O/c1-14-11-18(21-23-8-10-26(21)2)25-20(24-14)16-7-9-27(13-16)19(28)12-15-3-5-17(22)6-4-15/h3-6,8,10-11,16H,7,9,12-13H2,1-2H3/t16-/m0/s1. The average molecular weight is 379 g/mol. The number of aryl methyl sites for hydroxylation is 2. The first-order valence-corrected chi connectivity index (χ1v) is 9.35. The lowest BCUT2D eigenvalue weighted by Gasteiger charge is -2.17. The summed E-state index contributed by atoms with van der Waals surface area (Å²) < 4.78 is 15.0. The van der Waals surface area contributed by atoms with Gasteiger partial charge in [-0.2, -0.15) is 0 Å². The van der Waals surface area contributed by atoms with E-state index in [1.807, 2.05) is 35.7 Å². The summed E-state index contributed by atoms with van der Waals surface area (Å²) >= 11 is 0. The monoisotopic (exact) mass is 379 g/mol. The number of carbonyl (C=O) groups excluding carboxylic acids is 1. The molecule has 3 aromatic rings. The first-order chi connectivity index (χ1) is 13.5. The Labute approximate surface area is 163 Å². The third-order valence-corrected chi connectivity index (χ3v) is 5.10. The van der Waals surface area contributed by atoms with Crippen LogP contribution in [-0.4, -0.2) is 43.4 Å². The molecule has 2 aromatic heterocycles. The number of likely N-dealkylation sites (tertiary alicyclic amines) is 1. The van der Waals surface area contributed by atoms with Crippen molar-refractivity contribution in [1.82, 2.24) is 24.4 Å². The number of amides is 1. The van der Waals surface area contributed by atoms with Crippen LogP contribution < -0.4 is 0 Å². The Morgan fingerprint density at radius 1 is 1.25 bits per heavy atom. The molecular weight excluding hydrogens is 357 g/mol. The van der Waals surface area contributed by atoms with E-state index in [4.69, 9.17) is 4.98 Å². The number of carbonyl (C=O) groups is 1. The summed E-state index contributed by atoms with van der Waals surface area (Å²) in [6.07, 6.45) is 4.74. The molecule has 0 bridgehead atoms. The number of rotatable bonds is 4. The molecule has 0 aliphatic carbocycles. The highest BCUT2D eigenvalue weighted by molar-refractivity contribution is 5.79. The van der Waals surface area contributed by atoms with Crippen LogP contribution in [0.5, 0.6) is 0 Å². The van der Waals surface area contributed by atoms with Gasteiger partial charge in [0, 0.05) is 44.1 Å². The van der Waals surface area contributed by atoms with Crippen LogP contribution in [0.1, 0.15) is 29.4 Å². The van der Waals surface area contributed by atoms with Crippen LogP contribution in [0.3, 0.4) is 0 Å². The molecule has 0 spiro atoms. The van der Waals surface area contributed by atoms with Gasteiger partial charge in [-0.25, -0.2) is 19.3 Å². The molecule has 6 nitrogen and oxygen atoms in total. The molecule has 0 N–H and O–H groups in total. The highest BCUT2D eigenvalue weighted by atomic mass is 19.1. The van der Waals surface area contributed by atoms with Crippen LogP contribution in [-0.2, 0) is 18.3 Å². The van der Waals surface area contributed by atoms with E-state index >= 15 is 0 Å². The quantitative estimate of drug-likeness (QED) is 0.699. The lowest BCUT2D eigenvalue weighted by Crippen LogP contribution is -2.30. The minimum Gasteiger partial charge on any atom is -0.342 e. The molecule has 1 fully saturated rings. The van der Waals surface area contributed by atoms with Crippen molar-refractivity contribution >= 4 is 5.91 Å². The molecule has 0 unspecified atom stereocenters. The van der Waals surface area contributed by atoms with Crippen LogP contribution in [0.15, 0.2) is 42.7 Å². The fraction of sp³-hybridized carbons (Fsp3) is 0.333. The fourth-order valence-electron chi connectivity index (χ4n) is 3.59. The molecule has 0 radical (unpaired) electrons. The van der Waals surface area contributed by atoms with Gasteiger partial charge in [-0.3, -0.25) is 4.79 Å². The minimum absolute atomic E-state index is 0.0473. The maximum Gasteiger partial charge on any atom is 0.227 e. The molecule has 3 heterocycles. The zero-order valence-corrected chi connectivity index (χ0v) is 16.0. The van der Waals surface area contributed by atoms with Crippen molar-refractivity contribution in [3.63, 3.8) is 0 Å². The molecule has 1 aliphatic heterocycles. The van der Waals surface area contributed by atoms with Gasteiger partial charge in [0.05, 0.1) is 6.42 Å². The van der Waals surface area contributed by atoms with E-state index in [0.717, 1.165) is 35.0 Å². The second-order valence-electron chi connectivity index (χ2n) is 7.24. The molecular formula is C21H22FN5O. The Kier molecular flexibility index (Phi) is 4.90. The van der Waals surface area contributed by atoms with E-state index < -0.39 is 0 Å². The maximum atomic E-state index is 13.0. The van der Waals surface area contributed by atoms with Crippen molar-refractivity contribution in [1.29, 1.82) is 0 Å². The summed E-state index contributed by atoms with van der Waals surface area (Å²) in [5, 5.41) is 0. The molecule has 28 heavy (non-hydrogen) atoms. The molecule has 1 atom stereocenters. The van der Waals surface area contributed by atoms with Crippen molar-refractivity contribution in [3.8, 4) is 11.5 Å². The molecule has 7 heteroatoms. The predicted octanol–water partition coefficient (Wildman–Crippen LogP) is 2.88. The third kappa shape index (κ3) is 3.78. The lowest BCUT2D eigenvalue weighted by atomic mass is 10.1. The third-order valence-electron chi connectivity index (χ3n) is 5.10. The van der Waals surface area contributed by atoms with E-state index in [1.165, 1.54) is 12.1 Å². The van der Waals surface area contributed by atoms with Crippen molar-refractivity contribution in [2.75, 3.05) is 13.1 Å². The van der Waals surface area contributed by atoms with E-state index in [9.17, 15) is 9.18 Å². The Balaban J connectivity index is 1.48. The van der Waals surface area contributed by atoms with Gasteiger partial charge in [0.25, 0.3) is 0 Å². The van der Waals surface area contributed by atoms with E-state index in [1.54, 1.807) is 18.3 Å². The largest absolute Gasteiger partial charge is 0.342 e. The summed E-state index contributed by atoms with van der Waals surface area (Å²) in [7, 11) is 1.94. The van der Waals surface area contributed by atoms with E-state index in [2.05, 4.69) is 9.97 Å². The van der Waals surface area contributed by atoms with Crippen molar-refractivity contribution in [3.05, 3.63) is 65.6 Å². The molecule has 0 saturated carbocycles. The molecule has 4 rings (SSSR count). The first kappa shape index (κ1) is 18.3. The van der Waals surface area contributed by atoms with Gasteiger partial charge < -0.3 is 9.47 Å². The van der Waals surface area contributed by atoms with Gasteiger partial charge in [0.1, 0.15) is 17.3 Å². The summed E-state index contributed by atoms with van der Waals surface area (Å²) in [5.41, 5.74) is 2.50. The Hall–Kier alpha value is -3.09. The van der Waals surface area contributed by atoms with Crippen LogP contribution in [0.25, 0.3) is 11.5 Å². The number of hydrogen-bond donors (Lipinski definition) is 0. The fourth-order valence-corrected chi connectivity index (χ4v) is 3.59. The highest BCUT2D eigenvalue weighted by Gasteiger charge is 2.29. The number of nitrogens with zero attached hydrogens (tertiary/aromatic N) is 5. The van der Waals surface area contributed by atoms with Crippen LogP contribution >= 0.6 is 0 Å². The molecule has 1 aromatic carbocycles. The Bertz CT molecular complexity index is 998. The van der Waals surface area contributed by atoms with E-state index in [-0.39, 0.29) is 24.1 Å². The van der Waals surface area contributed by atoms with Crippen molar-refractivity contribution < 1.29 is 9.18 Å². The van der Waals surface area contributed by atoms with Crippen molar-refractivity contribution in [2.45, 2.75) is 25.7 Å². The van der Waals surface area contributed by atoms with Crippen LogP contribution in [0.4, 0.5) is 4.39 Å². The Morgan fingerprint density at radius 3 is 2.75 bits per heavy atom. The van der Waals surface area contributed by atoms with Crippen LogP contribution in [0.2, 0.25) is 0 Å². The number of imidazole rings is 1. The van der Waals surface area contributed by atoms with E-state index in [0.29, 0.717) is 13.1 Å². The van der Waals surface area contributed by atoms with Gasteiger partial charge in [0.15, 0.2) is 5.82 Å². The number of hydrogen-bond acceptors (Lipinski definition) is 4. The van der Waals surface area contributed by atoms with Gasteiger partial charge in [-0.1, -0.05) is 12.1 Å². The van der Waals surface area contributed by atoms with Gasteiger partial charge in [0.2, 0.25) is 5.91 Å². The molecule has 144 valence electrons. The number of benzene rings is 1. The molecule has 1 aliphatic rings. The summed E-state index contributed by atoms with van der Waals surface area (Å²) in [5.74, 6) is 1.42. The zero-order chi connectivity index (χ0) is 19.7. The minimum atomic E-state index is -0.294. The maximum absolute atomic E-state index is 13.0. The highest BCUT2D eigenvalue weighted by Crippen LogP contribution is 2.27. The van der Waals surface area contributed by atoms with Crippen LogP contribution in [0, 0.1) is 12.7 Å². The second kappa shape index (κ2) is 7.50. The van der Waals surface area contributed by atoms with Gasteiger partial charge >= 0.3 is 0 Å². The van der Waals surface area contributed by atoms with Gasteiger partial charge in [-0.15, -0.1) is 0 Å². The number of aromatic nitrogens is 4. The molecule has 1 saturated heterocycles.